The van der Waals surface area contributed by atoms with Crippen molar-refractivity contribution >= 4 is 16.3 Å². The van der Waals surface area contributed by atoms with Gasteiger partial charge in [0.25, 0.3) is 0 Å². The van der Waals surface area contributed by atoms with Gasteiger partial charge in [0.1, 0.15) is 0 Å². The number of aryl methyl sites for hydroxylation is 2. The molecule has 1 N–H and O–H groups in total. The molecule has 0 fully saturated rings. The SMILES string of the molecule is COc1ncccc1CNCc1c(C)nc2scc(C)n12. The normalized spacial score (nSPS) is 11.2. The van der Waals surface area contributed by atoms with Crippen LogP contribution in [-0.2, 0) is 13.1 Å². The third-order valence-corrected chi connectivity index (χ3v) is 4.42. The van der Waals surface area contributed by atoms with Crippen LogP contribution in [-0.4, -0.2) is 21.5 Å². The Morgan fingerprint density at radius 1 is 1.33 bits per heavy atom. The molecule has 6 heteroatoms. The fourth-order valence-corrected chi connectivity index (χ4v) is 3.36. The molecule has 0 aliphatic rings. The summed E-state index contributed by atoms with van der Waals surface area (Å²) in [5.41, 5.74) is 4.58. The molecule has 3 aromatic rings. The van der Waals surface area contributed by atoms with E-state index in [1.54, 1.807) is 24.6 Å². The van der Waals surface area contributed by atoms with Gasteiger partial charge in [-0.1, -0.05) is 6.07 Å². The Bertz CT molecular complexity index is 762. The zero-order valence-electron chi connectivity index (χ0n) is 12.4. The van der Waals surface area contributed by atoms with Crippen LogP contribution in [0.15, 0.2) is 23.7 Å². The monoisotopic (exact) mass is 302 g/mol. The predicted octanol–water partition coefficient (Wildman–Crippen LogP) is 2.71. The molecule has 0 aliphatic heterocycles. The van der Waals surface area contributed by atoms with Crippen molar-refractivity contribution in [1.29, 1.82) is 0 Å². The van der Waals surface area contributed by atoms with Crippen LogP contribution < -0.4 is 10.1 Å². The number of thiazole rings is 1. The molecule has 0 saturated heterocycles. The molecular weight excluding hydrogens is 284 g/mol. The van der Waals surface area contributed by atoms with Gasteiger partial charge < -0.3 is 10.1 Å². The number of imidazole rings is 1. The van der Waals surface area contributed by atoms with Crippen molar-refractivity contribution in [3.63, 3.8) is 0 Å². The summed E-state index contributed by atoms with van der Waals surface area (Å²) < 4.78 is 7.48. The molecule has 0 amide bonds. The van der Waals surface area contributed by atoms with Gasteiger partial charge in [-0.25, -0.2) is 9.97 Å². The molecule has 5 nitrogen and oxygen atoms in total. The average Bonchev–Trinajstić information content (AvgIpc) is 3.00. The van der Waals surface area contributed by atoms with Crippen LogP contribution in [0, 0.1) is 13.8 Å². The lowest BCUT2D eigenvalue weighted by molar-refractivity contribution is 0.390. The van der Waals surface area contributed by atoms with Crippen LogP contribution in [0.25, 0.3) is 4.96 Å². The van der Waals surface area contributed by atoms with Crippen LogP contribution in [0.4, 0.5) is 0 Å². The van der Waals surface area contributed by atoms with Gasteiger partial charge in [-0.3, -0.25) is 4.40 Å². The van der Waals surface area contributed by atoms with E-state index in [4.69, 9.17) is 4.74 Å². The molecule has 0 saturated carbocycles. The molecule has 3 heterocycles. The number of fused-ring (bicyclic) bond motifs is 1. The van der Waals surface area contributed by atoms with Crippen molar-refractivity contribution < 1.29 is 4.74 Å². The number of rotatable bonds is 5. The summed E-state index contributed by atoms with van der Waals surface area (Å²) in [6, 6.07) is 3.94. The van der Waals surface area contributed by atoms with E-state index in [9.17, 15) is 0 Å². The van der Waals surface area contributed by atoms with Crippen LogP contribution in [0.1, 0.15) is 22.6 Å². The minimum Gasteiger partial charge on any atom is -0.481 e. The minimum absolute atomic E-state index is 0.673. The topological polar surface area (TPSA) is 51.5 Å². The standard InChI is InChI=1S/C15H18N4OS/c1-10-9-21-15-18-11(2)13(19(10)15)8-16-7-12-5-4-6-17-14(12)20-3/h4-6,9,16H,7-8H2,1-3H3. The number of pyridine rings is 1. The molecule has 0 aliphatic carbocycles. The van der Waals surface area contributed by atoms with Gasteiger partial charge in [0.15, 0.2) is 4.96 Å². The summed E-state index contributed by atoms with van der Waals surface area (Å²) in [4.78, 5) is 9.86. The third-order valence-electron chi connectivity index (χ3n) is 3.48. The van der Waals surface area contributed by atoms with Crippen LogP contribution >= 0.6 is 11.3 Å². The molecule has 0 atom stereocenters. The summed E-state index contributed by atoms with van der Waals surface area (Å²) >= 11 is 1.68. The van der Waals surface area contributed by atoms with Crippen LogP contribution in [0.5, 0.6) is 5.88 Å². The highest BCUT2D eigenvalue weighted by atomic mass is 32.1. The Labute approximate surface area is 127 Å². The van der Waals surface area contributed by atoms with E-state index in [0.29, 0.717) is 12.4 Å². The Morgan fingerprint density at radius 3 is 3.00 bits per heavy atom. The molecule has 3 rings (SSSR count). The number of hydrogen-bond donors (Lipinski definition) is 1. The Balaban J connectivity index is 1.75. The van der Waals surface area contributed by atoms with E-state index in [-0.39, 0.29) is 0 Å². The molecule has 0 spiro atoms. The van der Waals surface area contributed by atoms with Crippen molar-refractivity contribution in [3.05, 3.63) is 46.4 Å². The van der Waals surface area contributed by atoms with E-state index >= 15 is 0 Å². The summed E-state index contributed by atoms with van der Waals surface area (Å²) in [5.74, 6) is 0.673. The fourth-order valence-electron chi connectivity index (χ4n) is 2.43. The molecule has 0 radical (unpaired) electrons. The summed E-state index contributed by atoms with van der Waals surface area (Å²) in [6.45, 7) is 5.65. The Hall–Kier alpha value is -1.92. The predicted molar refractivity (Wildman–Crippen MR) is 83.9 cm³/mol. The van der Waals surface area contributed by atoms with Gasteiger partial charge in [0.05, 0.1) is 18.5 Å². The highest BCUT2D eigenvalue weighted by Gasteiger charge is 2.12. The van der Waals surface area contributed by atoms with Gasteiger partial charge >= 0.3 is 0 Å². The molecule has 0 aromatic carbocycles. The Kier molecular flexibility index (Phi) is 3.90. The Morgan fingerprint density at radius 2 is 2.19 bits per heavy atom. The first kappa shape index (κ1) is 14.0. The molecule has 21 heavy (non-hydrogen) atoms. The molecule has 0 bridgehead atoms. The van der Waals surface area contributed by atoms with Gasteiger partial charge in [-0.05, 0) is 19.9 Å². The first-order chi connectivity index (χ1) is 10.2. The van der Waals surface area contributed by atoms with Crippen molar-refractivity contribution in [3.8, 4) is 5.88 Å². The quantitative estimate of drug-likeness (QED) is 0.787. The van der Waals surface area contributed by atoms with Crippen molar-refractivity contribution in [1.82, 2.24) is 19.7 Å². The maximum Gasteiger partial charge on any atom is 0.217 e. The third kappa shape index (κ3) is 2.64. The second-order valence-electron chi connectivity index (χ2n) is 4.91. The van der Waals surface area contributed by atoms with Gasteiger partial charge in [0.2, 0.25) is 5.88 Å². The van der Waals surface area contributed by atoms with Crippen LogP contribution in [0.2, 0.25) is 0 Å². The summed E-state index contributed by atoms with van der Waals surface area (Å²) in [5, 5.41) is 5.59. The smallest absolute Gasteiger partial charge is 0.217 e. The molecular formula is C15H18N4OS. The van der Waals surface area contributed by atoms with E-state index in [1.807, 2.05) is 12.1 Å². The second-order valence-corrected chi connectivity index (χ2v) is 5.75. The van der Waals surface area contributed by atoms with Crippen molar-refractivity contribution in [2.24, 2.45) is 0 Å². The zero-order chi connectivity index (χ0) is 14.8. The van der Waals surface area contributed by atoms with E-state index in [0.717, 1.165) is 22.8 Å². The molecule has 3 aromatic heterocycles. The number of aromatic nitrogens is 3. The van der Waals surface area contributed by atoms with E-state index in [2.05, 4.69) is 38.9 Å². The second kappa shape index (κ2) is 5.83. The summed E-state index contributed by atoms with van der Waals surface area (Å²) in [7, 11) is 1.64. The van der Waals surface area contributed by atoms with Gasteiger partial charge in [-0.15, -0.1) is 11.3 Å². The number of hydrogen-bond acceptors (Lipinski definition) is 5. The van der Waals surface area contributed by atoms with E-state index in [1.165, 1.54) is 11.4 Å². The molecule has 0 unspecified atom stereocenters. The maximum atomic E-state index is 5.27. The lowest BCUT2D eigenvalue weighted by Gasteiger charge is -2.09. The van der Waals surface area contributed by atoms with Crippen LogP contribution in [0.3, 0.4) is 0 Å². The number of nitrogens with zero attached hydrogens (tertiary/aromatic N) is 3. The summed E-state index contributed by atoms with van der Waals surface area (Å²) in [6.07, 6.45) is 1.74. The number of methoxy groups -OCH3 is 1. The minimum atomic E-state index is 0.673. The first-order valence-electron chi connectivity index (χ1n) is 6.81. The highest BCUT2D eigenvalue weighted by Crippen LogP contribution is 2.20. The number of ether oxygens (including phenoxy) is 1. The average molecular weight is 302 g/mol. The lowest BCUT2D eigenvalue weighted by Crippen LogP contribution is -2.16. The van der Waals surface area contributed by atoms with Gasteiger partial charge in [-0.2, -0.15) is 0 Å². The van der Waals surface area contributed by atoms with Gasteiger partial charge in [0, 0.05) is 35.9 Å². The van der Waals surface area contributed by atoms with Crippen molar-refractivity contribution in [2.75, 3.05) is 7.11 Å². The van der Waals surface area contributed by atoms with Crippen molar-refractivity contribution in [2.45, 2.75) is 26.9 Å². The maximum absolute atomic E-state index is 5.27. The molecule has 110 valence electrons. The van der Waals surface area contributed by atoms with E-state index < -0.39 is 0 Å². The fraction of sp³-hybridized carbons (Fsp3) is 0.333. The highest BCUT2D eigenvalue weighted by molar-refractivity contribution is 7.15. The zero-order valence-corrected chi connectivity index (χ0v) is 13.2. The number of nitrogens with one attached hydrogen (secondary N) is 1. The largest absolute Gasteiger partial charge is 0.481 e. The first-order valence-corrected chi connectivity index (χ1v) is 7.69. The lowest BCUT2D eigenvalue weighted by atomic mass is 10.2.